The van der Waals surface area contributed by atoms with Crippen molar-refractivity contribution >= 4 is 5.97 Å². The summed E-state index contributed by atoms with van der Waals surface area (Å²) in [7, 11) is 3.44. The minimum atomic E-state index is -0.808. The van der Waals surface area contributed by atoms with Crippen LogP contribution in [0.3, 0.4) is 0 Å². The molecule has 0 spiro atoms. The van der Waals surface area contributed by atoms with Crippen molar-refractivity contribution in [2.24, 2.45) is 0 Å². The first-order valence-corrected chi connectivity index (χ1v) is 4.85. The van der Waals surface area contributed by atoms with E-state index < -0.39 is 11.5 Å². The molecule has 0 heterocycles. The summed E-state index contributed by atoms with van der Waals surface area (Å²) in [5.74, 6) is -0.787. The van der Waals surface area contributed by atoms with Gasteiger partial charge in [-0.1, -0.05) is 6.92 Å². The molecule has 2 unspecified atom stereocenters. The zero-order chi connectivity index (χ0) is 11.4. The van der Waals surface area contributed by atoms with Crippen LogP contribution in [-0.4, -0.2) is 48.3 Å². The Labute approximate surface area is 85.9 Å². The zero-order valence-corrected chi connectivity index (χ0v) is 9.70. The molecular weight excluding hydrogens is 182 g/mol. The summed E-state index contributed by atoms with van der Waals surface area (Å²) < 4.78 is 5.01. The largest absolute Gasteiger partial charge is 0.480 e. The molecule has 0 aliphatic rings. The Bertz CT molecular complexity index is 196. The minimum absolute atomic E-state index is 0.0982. The molecule has 84 valence electrons. The third-order valence-corrected chi connectivity index (χ3v) is 3.00. The lowest BCUT2D eigenvalue weighted by Gasteiger charge is -2.38. The van der Waals surface area contributed by atoms with Crippen molar-refractivity contribution in [2.75, 3.05) is 20.8 Å². The molecule has 0 aliphatic heterocycles. The first kappa shape index (κ1) is 13.4. The van der Waals surface area contributed by atoms with Crippen molar-refractivity contribution in [1.82, 2.24) is 4.90 Å². The summed E-state index contributed by atoms with van der Waals surface area (Å²) in [6, 6.07) is 0.0982. The summed E-state index contributed by atoms with van der Waals surface area (Å²) in [6.07, 6.45) is 0.576. The van der Waals surface area contributed by atoms with E-state index in [0.717, 1.165) is 0 Å². The fourth-order valence-corrected chi connectivity index (χ4v) is 1.39. The van der Waals surface area contributed by atoms with Crippen LogP contribution in [-0.2, 0) is 9.53 Å². The van der Waals surface area contributed by atoms with Crippen molar-refractivity contribution in [2.45, 2.75) is 38.8 Å². The molecule has 0 amide bonds. The number of aliphatic carboxylic acids is 1. The lowest BCUT2D eigenvalue weighted by atomic mass is 9.95. The van der Waals surface area contributed by atoms with Crippen molar-refractivity contribution in [1.29, 1.82) is 0 Å². The number of carbonyl (C=O) groups is 1. The Hall–Kier alpha value is -0.610. The smallest absolute Gasteiger partial charge is 0.323 e. The lowest BCUT2D eigenvalue weighted by molar-refractivity contribution is -0.151. The number of carboxylic acid groups (broad SMARTS) is 1. The number of rotatable bonds is 6. The van der Waals surface area contributed by atoms with Crippen LogP contribution in [0, 0.1) is 0 Å². The second kappa shape index (κ2) is 5.32. The highest BCUT2D eigenvalue weighted by atomic mass is 16.5. The van der Waals surface area contributed by atoms with Gasteiger partial charge in [-0.2, -0.15) is 0 Å². The fraction of sp³-hybridized carbons (Fsp3) is 0.900. The van der Waals surface area contributed by atoms with Gasteiger partial charge >= 0.3 is 5.97 Å². The van der Waals surface area contributed by atoms with Gasteiger partial charge in [-0.05, 0) is 27.3 Å². The molecular formula is C10H21NO3. The van der Waals surface area contributed by atoms with Crippen LogP contribution in [0.1, 0.15) is 27.2 Å². The topological polar surface area (TPSA) is 49.8 Å². The van der Waals surface area contributed by atoms with Gasteiger partial charge in [0.05, 0.1) is 6.61 Å². The molecule has 0 rings (SSSR count). The molecule has 4 nitrogen and oxygen atoms in total. The summed E-state index contributed by atoms with van der Waals surface area (Å²) >= 11 is 0. The molecule has 0 aromatic heterocycles. The second-order valence-electron chi connectivity index (χ2n) is 3.85. The number of carboxylic acids is 1. The first-order valence-electron chi connectivity index (χ1n) is 4.85. The number of methoxy groups -OCH3 is 1. The van der Waals surface area contributed by atoms with Crippen LogP contribution < -0.4 is 0 Å². The van der Waals surface area contributed by atoms with E-state index in [9.17, 15) is 4.79 Å². The van der Waals surface area contributed by atoms with Crippen LogP contribution in [0.25, 0.3) is 0 Å². The highest BCUT2D eigenvalue weighted by Crippen LogP contribution is 2.20. The summed E-state index contributed by atoms with van der Waals surface area (Å²) in [4.78, 5) is 13.0. The van der Waals surface area contributed by atoms with Gasteiger partial charge in [0.15, 0.2) is 0 Å². The van der Waals surface area contributed by atoms with Gasteiger partial charge in [0, 0.05) is 13.2 Å². The van der Waals surface area contributed by atoms with E-state index >= 15 is 0 Å². The number of hydrogen-bond donors (Lipinski definition) is 1. The zero-order valence-electron chi connectivity index (χ0n) is 9.70. The standard InChI is InChI=1S/C10H21NO3/c1-6-10(3,9(12)13)11(4)8(2)7-14-5/h8H,6-7H2,1-5H3,(H,12,13). The second-order valence-corrected chi connectivity index (χ2v) is 3.85. The Morgan fingerprint density at radius 1 is 1.64 bits per heavy atom. The van der Waals surface area contributed by atoms with Crippen LogP contribution >= 0.6 is 0 Å². The van der Waals surface area contributed by atoms with E-state index in [1.54, 1.807) is 14.0 Å². The molecule has 0 aliphatic carbocycles. The lowest BCUT2D eigenvalue weighted by Crippen LogP contribution is -2.54. The van der Waals surface area contributed by atoms with Gasteiger partial charge in [0.2, 0.25) is 0 Å². The van der Waals surface area contributed by atoms with E-state index in [-0.39, 0.29) is 6.04 Å². The Kier molecular flexibility index (Phi) is 5.08. The van der Waals surface area contributed by atoms with E-state index in [0.29, 0.717) is 13.0 Å². The minimum Gasteiger partial charge on any atom is -0.480 e. The Morgan fingerprint density at radius 2 is 2.14 bits per heavy atom. The van der Waals surface area contributed by atoms with Crippen LogP contribution in [0.4, 0.5) is 0 Å². The number of nitrogens with zero attached hydrogens (tertiary/aromatic N) is 1. The van der Waals surface area contributed by atoms with Gasteiger partial charge in [0.25, 0.3) is 0 Å². The van der Waals surface area contributed by atoms with E-state index in [2.05, 4.69) is 0 Å². The SMILES string of the molecule is CCC(C)(C(=O)O)N(C)C(C)COC. The fourth-order valence-electron chi connectivity index (χ4n) is 1.39. The maximum Gasteiger partial charge on any atom is 0.323 e. The van der Waals surface area contributed by atoms with E-state index in [1.165, 1.54) is 0 Å². The van der Waals surface area contributed by atoms with Gasteiger partial charge in [-0.3, -0.25) is 9.69 Å². The highest BCUT2D eigenvalue weighted by molar-refractivity contribution is 5.78. The molecule has 0 saturated carbocycles. The molecule has 0 aromatic rings. The number of hydrogen-bond acceptors (Lipinski definition) is 3. The molecule has 0 aromatic carbocycles. The van der Waals surface area contributed by atoms with Gasteiger partial charge in [-0.15, -0.1) is 0 Å². The van der Waals surface area contributed by atoms with Crippen LogP contribution in [0.2, 0.25) is 0 Å². The third-order valence-electron chi connectivity index (χ3n) is 3.00. The highest BCUT2D eigenvalue weighted by Gasteiger charge is 2.37. The molecule has 0 radical (unpaired) electrons. The molecule has 4 heteroatoms. The van der Waals surface area contributed by atoms with Gasteiger partial charge in [0.1, 0.15) is 5.54 Å². The average Bonchev–Trinajstić information content (AvgIpc) is 2.15. The van der Waals surface area contributed by atoms with Crippen molar-refractivity contribution < 1.29 is 14.6 Å². The van der Waals surface area contributed by atoms with Crippen molar-refractivity contribution in [3.8, 4) is 0 Å². The first-order chi connectivity index (χ1) is 6.40. The predicted molar refractivity (Wildman–Crippen MR) is 55.4 cm³/mol. The number of ether oxygens (including phenoxy) is 1. The van der Waals surface area contributed by atoms with Crippen molar-refractivity contribution in [3.05, 3.63) is 0 Å². The molecule has 0 fully saturated rings. The molecule has 0 bridgehead atoms. The van der Waals surface area contributed by atoms with E-state index in [4.69, 9.17) is 9.84 Å². The van der Waals surface area contributed by atoms with Gasteiger partial charge in [-0.25, -0.2) is 0 Å². The summed E-state index contributed by atoms with van der Waals surface area (Å²) in [6.45, 7) is 6.12. The quantitative estimate of drug-likeness (QED) is 0.705. The van der Waals surface area contributed by atoms with Gasteiger partial charge < -0.3 is 9.84 Å². The molecule has 14 heavy (non-hydrogen) atoms. The monoisotopic (exact) mass is 203 g/mol. The maximum atomic E-state index is 11.1. The number of likely N-dealkylation sites (N-methyl/N-ethyl adjacent to an activating group) is 1. The third kappa shape index (κ3) is 2.69. The summed E-state index contributed by atoms with van der Waals surface area (Å²) in [5, 5.41) is 9.14. The Morgan fingerprint density at radius 3 is 2.43 bits per heavy atom. The van der Waals surface area contributed by atoms with E-state index in [1.807, 2.05) is 25.8 Å². The molecule has 0 saturated heterocycles. The maximum absolute atomic E-state index is 11.1. The molecule has 2 atom stereocenters. The Balaban J connectivity index is 4.60. The van der Waals surface area contributed by atoms with Crippen LogP contribution in [0.15, 0.2) is 0 Å². The van der Waals surface area contributed by atoms with Crippen LogP contribution in [0.5, 0.6) is 0 Å². The predicted octanol–water partition coefficient (Wildman–Crippen LogP) is 1.21. The normalized spacial score (nSPS) is 17.9. The summed E-state index contributed by atoms with van der Waals surface area (Å²) in [5.41, 5.74) is -0.808. The molecule has 1 N–H and O–H groups in total. The average molecular weight is 203 g/mol. The van der Waals surface area contributed by atoms with Crippen molar-refractivity contribution in [3.63, 3.8) is 0 Å².